The van der Waals surface area contributed by atoms with E-state index in [2.05, 4.69) is 78.0 Å². The molecule has 6 rings (SSSR count). The summed E-state index contributed by atoms with van der Waals surface area (Å²) in [6.07, 6.45) is 3.62. The van der Waals surface area contributed by atoms with Crippen molar-refractivity contribution in [2.45, 2.75) is 13.8 Å². The molecule has 3 aromatic carbocycles. The Kier molecular flexibility index (Phi) is 6.23. The first-order chi connectivity index (χ1) is 16.7. The molecule has 3 aromatic heterocycles. The van der Waals surface area contributed by atoms with Crippen LogP contribution in [0.2, 0.25) is 0 Å². The van der Waals surface area contributed by atoms with Crippen molar-refractivity contribution in [1.82, 2.24) is 14.5 Å². The van der Waals surface area contributed by atoms with Crippen LogP contribution in [-0.2, 0) is 21.1 Å². The zero-order valence-corrected chi connectivity index (χ0v) is 21.5. The first kappa shape index (κ1) is 23.0. The van der Waals surface area contributed by atoms with Crippen molar-refractivity contribution in [2.24, 2.45) is 0 Å². The minimum atomic E-state index is 0. The van der Waals surface area contributed by atoms with E-state index in [1.165, 1.54) is 5.39 Å². The van der Waals surface area contributed by atoms with Gasteiger partial charge < -0.3 is 9.30 Å². The van der Waals surface area contributed by atoms with Crippen molar-refractivity contribution in [2.75, 3.05) is 0 Å². The normalized spacial score (nSPS) is 10.9. The Balaban J connectivity index is 0.00000253. The van der Waals surface area contributed by atoms with Crippen molar-refractivity contribution in [3.05, 3.63) is 115 Å². The van der Waals surface area contributed by atoms with E-state index in [0.717, 1.165) is 44.5 Å². The third-order valence-corrected chi connectivity index (χ3v) is 5.89. The molecule has 5 heteroatoms. The summed E-state index contributed by atoms with van der Waals surface area (Å²) in [6.45, 7) is 4.17. The largest absolute Gasteiger partial charge is 2.00 e. The topological polar surface area (TPSA) is 39.9 Å². The van der Waals surface area contributed by atoms with Crippen molar-refractivity contribution in [3.8, 4) is 28.6 Å². The number of para-hydroxylation sites is 1. The quantitative estimate of drug-likeness (QED) is 0.192. The van der Waals surface area contributed by atoms with Crippen LogP contribution in [0.25, 0.3) is 38.8 Å². The zero-order chi connectivity index (χ0) is 23.1. The molecule has 0 aliphatic carbocycles. The number of hydrogen-bond donors (Lipinski definition) is 0. The summed E-state index contributed by atoms with van der Waals surface area (Å²) >= 11 is 0. The molecule has 0 fully saturated rings. The third-order valence-electron chi connectivity index (χ3n) is 5.89. The standard InChI is InChI=1S/C30H21N3O.Pt/c1-20-16-21(2)30(32-19-20)33-27-11-4-3-10-25(27)26-14-13-23(18-28(26)33)22-8-7-9-24(17-22)34-29-12-5-6-15-31-29;/h3-16,19H,1-2H3;/q-2;+2. The van der Waals surface area contributed by atoms with E-state index < -0.39 is 0 Å². The monoisotopic (exact) mass is 634 g/mol. The average molecular weight is 635 g/mol. The SMILES string of the molecule is Cc1cnc(-n2c3[c-]c(-c4[c-]c(Oc5ccccn5)ccc4)ccc3c3ccccc32)c(C)c1.[Pt+2]. The first-order valence-electron chi connectivity index (χ1n) is 11.2. The molecular formula is C30H21N3OPt. The summed E-state index contributed by atoms with van der Waals surface area (Å²) in [7, 11) is 0. The Hall–Kier alpha value is -3.75. The van der Waals surface area contributed by atoms with Gasteiger partial charge in [-0.1, -0.05) is 35.7 Å². The molecule has 0 saturated heterocycles. The molecule has 0 amide bonds. The second-order valence-electron chi connectivity index (χ2n) is 8.34. The number of rotatable bonds is 4. The zero-order valence-electron chi connectivity index (χ0n) is 19.2. The van der Waals surface area contributed by atoms with Gasteiger partial charge in [-0.25, -0.2) is 21.1 Å². The summed E-state index contributed by atoms with van der Waals surface area (Å²) in [5.41, 5.74) is 6.21. The van der Waals surface area contributed by atoms with Gasteiger partial charge in [0.25, 0.3) is 0 Å². The van der Waals surface area contributed by atoms with Crippen LogP contribution in [0.1, 0.15) is 11.1 Å². The molecule has 3 heterocycles. The molecule has 0 atom stereocenters. The van der Waals surface area contributed by atoms with Gasteiger partial charge in [-0.2, -0.15) is 24.3 Å². The van der Waals surface area contributed by atoms with E-state index in [1.54, 1.807) is 6.20 Å². The van der Waals surface area contributed by atoms with Gasteiger partial charge >= 0.3 is 21.1 Å². The van der Waals surface area contributed by atoms with Crippen LogP contribution >= 0.6 is 0 Å². The molecule has 0 aliphatic rings. The minimum Gasteiger partial charge on any atom is -0.460 e. The Labute approximate surface area is 218 Å². The van der Waals surface area contributed by atoms with Crippen LogP contribution < -0.4 is 4.74 Å². The number of benzene rings is 3. The van der Waals surface area contributed by atoms with Crippen LogP contribution in [0.5, 0.6) is 11.6 Å². The van der Waals surface area contributed by atoms with Crippen LogP contribution in [0.4, 0.5) is 0 Å². The van der Waals surface area contributed by atoms with Gasteiger partial charge in [-0.05, 0) is 48.0 Å². The summed E-state index contributed by atoms with van der Waals surface area (Å²) in [5.74, 6) is 2.07. The van der Waals surface area contributed by atoms with E-state index in [4.69, 9.17) is 9.72 Å². The van der Waals surface area contributed by atoms with Crippen molar-refractivity contribution in [3.63, 3.8) is 0 Å². The Bertz CT molecular complexity index is 1660. The number of hydrogen-bond acceptors (Lipinski definition) is 3. The van der Waals surface area contributed by atoms with Gasteiger partial charge in [0.2, 0.25) is 5.88 Å². The van der Waals surface area contributed by atoms with Crippen molar-refractivity contribution < 1.29 is 25.8 Å². The van der Waals surface area contributed by atoms with Crippen molar-refractivity contribution in [1.29, 1.82) is 0 Å². The van der Waals surface area contributed by atoms with E-state index in [0.29, 0.717) is 11.6 Å². The molecule has 0 spiro atoms. The first-order valence-corrected chi connectivity index (χ1v) is 11.2. The predicted octanol–water partition coefficient (Wildman–Crippen LogP) is 7.25. The van der Waals surface area contributed by atoms with E-state index >= 15 is 0 Å². The predicted molar refractivity (Wildman–Crippen MR) is 135 cm³/mol. The van der Waals surface area contributed by atoms with Crippen LogP contribution in [0, 0.1) is 26.0 Å². The molecule has 172 valence electrons. The second kappa shape index (κ2) is 9.48. The number of ether oxygens (including phenoxy) is 1. The minimum absolute atomic E-state index is 0. The maximum absolute atomic E-state index is 5.90. The van der Waals surface area contributed by atoms with Gasteiger partial charge in [0.1, 0.15) is 5.82 Å². The molecule has 6 aromatic rings. The number of pyridine rings is 2. The van der Waals surface area contributed by atoms with Crippen LogP contribution in [-0.4, -0.2) is 14.5 Å². The van der Waals surface area contributed by atoms with E-state index in [1.807, 2.05) is 42.6 Å². The maximum Gasteiger partial charge on any atom is 2.00 e. The summed E-state index contributed by atoms with van der Waals surface area (Å²) < 4.78 is 8.11. The fourth-order valence-corrected chi connectivity index (χ4v) is 4.40. The van der Waals surface area contributed by atoms with Crippen LogP contribution in [0.15, 0.2) is 91.3 Å². The number of fused-ring (bicyclic) bond motifs is 3. The van der Waals surface area contributed by atoms with Gasteiger partial charge in [0, 0.05) is 29.7 Å². The van der Waals surface area contributed by atoms with E-state index in [-0.39, 0.29) is 21.1 Å². The number of nitrogens with zero attached hydrogens (tertiary/aromatic N) is 3. The van der Waals surface area contributed by atoms with E-state index in [9.17, 15) is 0 Å². The average Bonchev–Trinajstić information content (AvgIpc) is 3.18. The summed E-state index contributed by atoms with van der Waals surface area (Å²) in [6, 6.07) is 33.3. The van der Waals surface area contributed by atoms with Gasteiger partial charge in [0.05, 0.1) is 0 Å². The summed E-state index contributed by atoms with van der Waals surface area (Å²) in [5, 5.41) is 2.32. The Morgan fingerprint density at radius 1 is 0.771 bits per heavy atom. The molecule has 0 N–H and O–H groups in total. The Morgan fingerprint density at radius 2 is 1.60 bits per heavy atom. The molecule has 0 radical (unpaired) electrons. The molecule has 0 aliphatic heterocycles. The maximum atomic E-state index is 5.90. The third kappa shape index (κ3) is 4.26. The fourth-order valence-electron chi connectivity index (χ4n) is 4.40. The second-order valence-corrected chi connectivity index (χ2v) is 8.34. The summed E-state index contributed by atoms with van der Waals surface area (Å²) in [4.78, 5) is 9.03. The van der Waals surface area contributed by atoms with Crippen LogP contribution in [0.3, 0.4) is 0 Å². The van der Waals surface area contributed by atoms with Gasteiger partial charge in [0.15, 0.2) is 0 Å². The molecular weight excluding hydrogens is 613 g/mol. The molecule has 0 saturated carbocycles. The number of aryl methyl sites for hydroxylation is 2. The molecule has 0 unspecified atom stereocenters. The Morgan fingerprint density at radius 3 is 2.43 bits per heavy atom. The van der Waals surface area contributed by atoms with Crippen molar-refractivity contribution >= 4 is 21.8 Å². The fraction of sp³-hybridized carbons (Fsp3) is 0.0667. The molecule has 0 bridgehead atoms. The molecule has 4 nitrogen and oxygen atoms in total. The van der Waals surface area contributed by atoms with Gasteiger partial charge in [-0.15, -0.1) is 18.2 Å². The number of aromatic nitrogens is 3. The van der Waals surface area contributed by atoms with Gasteiger partial charge in [-0.3, -0.25) is 0 Å². The molecule has 35 heavy (non-hydrogen) atoms. The smallest absolute Gasteiger partial charge is 0.460 e.